The zero-order valence-corrected chi connectivity index (χ0v) is 16.2. The Kier molecular flexibility index (Phi) is 4.18. The highest BCUT2D eigenvalue weighted by atomic mass is 14.6. The van der Waals surface area contributed by atoms with E-state index in [2.05, 4.69) is 69.2 Å². The number of allylic oxidation sites excluding steroid dienone is 2. The summed E-state index contributed by atoms with van der Waals surface area (Å²) in [6.07, 6.45) is 1.38. The van der Waals surface area contributed by atoms with Crippen LogP contribution >= 0.6 is 0 Å². The highest BCUT2D eigenvalue weighted by Gasteiger charge is 2.55. The molecule has 0 saturated heterocycles. The lowest BCUT2D eigenvalue weighted by atomic mass is 9.58. The Bertz CT molecular complexity index is 407. The topological polar surface area (TPSA) is 0 Å². The second-order valence-electron chi connectivity index (χ2n) is 9.29. The average molecular weight is 291 g/mol. The predicted octanol–water partition coefficient (Wildman–Crippen LogP) is 6.57. The maximum absolute atomic E-state index is 2.59. The molecular formula is C21H38. The molecule has 1 fully saturated rings. The lowest BCUT2D eigenvalue weighted by Gasteiger charge is -2.46. The molecule has 0 aromatic heterocycles. The van der Waals surface area contributed by atoms with Gasteiger partial charge in [-0.15, -0.1) is 0 Å². The second kappa shape index (κ2) is 5.14. The van der Waals surface area contributed by atoms with Crippen molar-refractivity contribution in [3.05, 3.63) is 11.1 Å². The third-order valence-corrected chi connectivity index (χ3v) is 9.15. The van der Waals surface area contributed by atoms with Crippen molar-refractivity contribution < 1.29 is 0 Å². The van der Waals surface area contributed by atoms with Crippen molar-refractivity contribution in [1.82, 2.24) is 0 Å². The van der Waals surface area contributed by atoms with E-state index in [9.17, 15) is 0 Å². The van der Waals surface area contributed by atoms with Crippen LogP contribution in [0.2, 0.25) is 0 Å². The SMILES string of the molecule is CC1=C(C)C(C)C(C)(CC2(C)C(C)C(C)C(C)C2C)C1C. The predicted molar refractivity (Wildman–Crippen MR) is 94.2 cm³/mol. The van der Waals surface area contributed by atoms with E-state index < -0.39 is 0 Å². The summed E-state index contributed by atoms with van der Waals surface area (Å²) in [6.45, 7) is 24.9. The molecule has 0 bridgehead atoms. The highest BCUT2D eigenvalue weighted by molar-refractivity contribution is 5.27. The van der Waals surface area contributed by atoms with Crippen LogP contribution in [-0.2, 0) is 0 Å². The van der Waals surface area contributed by atoms with Gasteiger partial charge in [-0.2, -0.15) is 0 Å². The Labute approximate surface area is 133 Å². The molecule has 0 spiro atoms. The molecular weight excluding hydrogens is 252 g/mol. The number of hydrogen-bond donors (Lipinski definition) is 0. The molecule has 0 heteroatoms. The summed E-state index contributed by atoms with van der Waals surface area (Å²) in [5, 5.41) is 0. The molecule has 0 N–H and O–H groups in total. The third kappa shape index (κ3) is 2.15. The lowest BCUT2D eigenvalue weighted by Crippen LogP contribution is -2.39. The van der Waals surface area contributed by atoms with E-state index >= 15 is 0 Å². The van der Waals surface area contributed by atoms with Gasteiger partial charge in [-0.05, 0) is 66.6 Å². The Morgan fingerprint density at radius 2 is 1.00 bits per heavy atom. The van der Waals surface area contributed by atoms with Gasteiger partial charge >= 0.3 is 0 Å². The van der Waals surface area contributed by atoms with Crippen molar-refractivity contribution in [2.75, 3.05) is 0 Å². The molecule has 2 rings (SSSR count). The monoisotopic (exact) mass is 290 g/mol. The molecule has 6 atom stereocenters. The first-order chi connectivity index (χ1) is 9.48. The summed E-state index contributed by atoms with van der Waals surface area (Å²) in [5.41, 5.74) is 4.25. The molecule has 2 aliphatic carbocycles. The van der Waals surface area contributed by atoms with Crippen LogP contribution in [0.5, 0.6) is 0 Å². The van der Waals surface area contributed by atoms with Gasteiger partial charge in [0, 0.05) is 0 Å². The fraction of sp³-hybridized carbons (Fsp3) is 0.905. The van der Waals surface area contributed by atoms with Crippen LogP contribution in [0.25, 0.3) is 0 Å². The maximum Gasteiger partial charge on any atom is -0.0172 e. The molecule has 0 amide bonds. The third-order valence-electron chi connectivity index (χ3n) is 9.15. The molecule has 1 saturated carbocycles. The first-order valence-corrected chi connectivity index (χ1v) is 9.15. The Hall–Kier alpha value is -0.260. The molecule has 0 heterocycles. The van der Waals surface area contributed by atoms with Crippen molar-refractivity contribution in [1.29, 1.82) is 0 Å². The fourth-order valence-corrected chi connectivity index (χ4v) is 6.02. The van der Waals surface area contributed by atoms with E-state index in [1.54, 1.807) is 11.1 Å². The summed E-state index contributed by atoms with van der Waals surface area (Å²) in [4.78, 5) is 0. The lowest BCUT2D eigenvalue weighted by molar-refractivity contribution is 0.0366. The van der Waals surface area contributed by atoms with Gasteiger partial charge in [-0.1, -0.05) is 66.5 Å². The van der Waals surface area contributed by atoms with Crippen molar-refractivity contribution >= 4 is 0 Å². The van der Waals surface area contributed by atoms with Gasteiger partial charge in [0.2, 0.25) is 0 Å². The quantitative estimate of drug-likeness (QED) is 0.504. The Morgan fingerprint density at radius 1 is 0.667 bits per heavy atom. The fourth-order valence-electron chi connectivity index (χ4n) is 6.02. The maximum atomic E-state index is 2.59. The minimum Gasteiger partial charge on any atom is -0.0707 e. The molecule has 0 aliphatic heterocycles. The number of hydrogen-bond acceptors (Lipinski definition) is 0. The van der Waals surface area contributed by atoms with E-state index in [0.717, 1.165) is 35.5 Å². The van der Waals surface area contributed by atoms with Gasteiger partial charge in [0.05, 0.1) is 0 Å². The Balaban J connectivity index is 2.34. The summed E-state index contributed by atoms with van der Waals surface area (Å²) in [7, 11) is 0. The molecule has 0 radical (unpaired) electrons. The second-order valence-corrected chi connectivity index (χ2v) is 9.29. The summed E-state index contributed by atoms with van der Waals surface area (Å²) < 4.78 is 0. The Morgan fingerprint density at radius 3 is 1.33 bits per heavy atom. The standard InChI is InChI=1S/C21H38/c1-12-13(2)17(6)20(9,16(12)5)11-21(10)18(7)14(3)15(4)19(21)8/h12-13,16-19H,11H2,1-10H3. The van der Waals surface area contributed by atoms with Gasteiger partial charge in [-0.3, -0.25) is 0 Å². The summed E-state index contributed by atoms with van der Waals surface area (Å²) in [5.74, 6) is 4.84. The minimum atomic E-state index is 0.440. The van der Waals surface area contributed by atoms with Crippen molar-refractivity contribution in [2.45, 2.75) is 75.7 Å². The normalized spacial score (nSPS) is 54.6. The van der Waals surface area contributed by atoms with E-state index in [1.807, 2.05) is 0 Å². The largest absolute Gasteiger partial charge is 0.0707 e. The van der Waals surface area contributed by atoms with Crippen LogP contribution in [0, 0.1) is 46.3 Å². The molecule has 122 valence electrons. The van der Waals surface area contributed by atoms with Gasteiger partial charge in [0.15, 0.2) is 0 Å². The number of rotatable bonds is 2. The van der Waals surface area contributed by atoms with E-state index in [0.29, 0.717) is 10.8 Å². The van der Waals surface area contributed by atoms with Gasteiger partial charge in [-0.25, -0.2) is 0 Å². The summed E-state index contributed by atoms with van der Waals surface area (Å²) >= 11 is 0. The van der Waals surface area contributed by atoms with E-state index in [1.165, 1.54) is 6.42 Å². The first-order valence-electron chi connectivity index (χ1n) is 9.15. The zero-order valence-electron chi connectivity index (χ0n) is 16.2. The summed E-state index contributed by atoms with van der Waals surface area (Å²) in [6, 6.07) is 0. The molecule has 6 unspecified atom stereocenters. The van der Waals surface area contributed by atoms with Crippen LogP contribution in [0.1, 0.15) is 75.7 Å². The van der Waals surface area contributed by atoms with Crippen molar-refractivity contribution in [2.24, 2.45) is 46.3 Å². The average Bonchev–Trinajstić information content (AvgIpc) is 2.67. The van der Waals surface area contributed by atoms with Crippen LogP contribution in [0.3, 0.4) is 0 Å². The van der Waals surface area contributed by atoms with Crippen LogP contribution < -0.4 is 0 Å². The van der Waals surface area contributed by atoms with Gasteiger partial charge < -0.3 is 0 Å². The molecule has 0 nitrogen and oxygen atoms in total. The van der Waals surface area contributed by atoms with Crippen molar-refractivity contribution in [3.63, 3.8) is 0 Å². The van der Waals surface area contributed by atoms with E-state index in [-0.39, 0.29) is 0 Å². The first kappa shape index (κ1) is 17.1. The van der Waals surface area contributed by atoms with Crippen LogP contribution in [0.4, 0.5) is 0 Å². The molecule has 0 aromatic carbocycles. The molecule has 21 heavy (non-hydrogen) atoms. The highest BCUT2D eigenvalue weighted by Crippen LogP contribution is 2.63. The smallest absolute Gasteiger partial charge is 0.0172 e. The molecule has 0 aromatic rings. The zero-order chi connectivity index (χ0) is 16.3. The minimum absolute atomic E-state index is 0.440. The van der Waals surface area contributed by atoms with E-state index in [4.69, 9.17) is 0 Å². The van der Waals surface area contributed by atoms with Crippen LogP contribution in [0.15, 0.2) is 11.1 Å². The van der Waals surface area contributed by atoms with Gasteiger partial charge in [0.25, 0.3) is 0 Å². The van der Waals surface area contributed by atoms with Gasteiger partial charge in [0.1, 0.15) is 0 Å². The van der Waals surface area contributed by atoms with Crippen LogP contribution in [-0.4, -0.2) is 0 Å². The molecule has 2 aliphatic rings. The van der Waals surface area contributed by atoms with Crippen molar-refractivity contribution in [3.8, 4) is 0 Å².